The van der Waals surface area contributed by atoms with Crippen molar-refractivity contribution >= 4 is 6.03 Å². The first-order valence-corrected chi connectivity index (χ1v) is 8.67. The van der Waals surface area contributed by atoms with Crippen molar-refractivity contribution < 1.29 is 4.79 Å². The van der Waals surface area contributed by atoms with E-state index in [0.717, 1.165) is 38.2 Å². The lowest BCUT2D eigenvalue weighted by atomic mass is 10.0. The van der Waals surface area contributed by atoms with E-state index in [2.05, 4.69) is 28.2 Å². The van der Waals surface area contributed by atoms with Crippen molar-refractivity contribution in [2.24, 2.45) is 0 Å². The molecule has 2 amide bonds. The van der Waals surface area contributed by atoms with Gasteiger partial charge in [0, 0.05) is 37.6 Å². The molecular weight excluding hydrogens is 276 g/mol. The summed E-state index contributed by atoms with van der Waals surface area (Å²) < 4.78 is 0. The second kappa shape index (κ2) is 7.18. The van der Waals surface area contributed by atoms with Gasteiger partial charge in [0.25, 0.3) is 0 Å². The molecule has 5 heteroatoms. The van der Waals surface area contributed by atoms with E-state index in [9.17, 15) is 4.79 Å². The highest BCUT2D eigenvalue weighted by molar-refractivity contribution is 5.75. The van der Waals surface area contributed by atoms with Crippen LogP contribution in [0.25, 0.3) is 0 Å². The van der Waals surface area contributed by atoms with E-state index < -0.39 is 0 Å². The maximum atomic E-state index is 12.5. The molecule has 2 saturated heterocycles. The Labute approximate surface area is 133 Å². The molecule has 122 valence electrons. The number of hydrogen-bond donors (Lipinski definition) is 2. The minimum Gasteiger partial charge on any atom is -0.363 e. The fraction of sp³-hybridized carbons (Fsp3) is 0.706. The molecule has 2 atom stereocenters. The zero-order valence-corrected chi connectivity index (χ0v) is 13.6. The van der Waals surface area contributed by atoms with Gasteiger partial charge in [-0.1, -0.05) is 6.42 Å². The van der Waals surface area contributed by atoms with Crippen molar-refractivity contribution in [2.75, 3.05) is 26.2 Å². The first kappa shape index (κ1) is 15.4. The van der Waals surface area contributed by atoms with Crippen molar-refractivity contribution in [3.8, 4) is 0 Å². The van der Waals surface area contributed by atoms with Gasteiger partial charge in [-0.15, -0.1) is 0 Å². The number of aromatic nitrogens is 1. The Kier molecular flexibility index (Phi) is 5.03. The first-order valence-electron chi connectivity index (χ1n) is 8.67. The summed E-state index contributed by atoms with van der Waals surface area (Å²) in [4.78, 5) is 20.2. The highest BCUT2D eigenvalue weighted by atomic mass is 16.2. The van der Waals surface area contributed by atoms with Crippen LogP contribution in [0.1, 0.15) is 50.8 Å². The van der Waals surface area contributed by atoms with Gasteiger partial charge in [-0.05, 0) is 51.3 Å². The van der Waals surface area contributed by atoms with Crippen LogP contribution in [-0.2, 0) is 0 Å². The molecule has 0 radical (unpaired) electrons. The Morgan fingerprint density at radius 3 is 3.00 bits per heavy atom. The lowest BCUT2D eigenvalue weighted by molar-refractivity contribution is 0.157. The normalized spacial score (nSPS) is 26.3. The number of rotatable bonds is 4. The maximum Gasteiger partial charge on any atom is 0.318 e. The molecule has 0 aromatic carbocycles. The summed E-state index contributed by atoms with van der Waals surface area (Å²) in [5.74, 6) is 0. The van der Waals surface area contributed by atoms with Gasteiger partial charge in [-0.2, -0.15) is 0 Å². The second-order valence-electron chi connectivity index (χ2n) is 6.59. The van der Waals surface area contributed by atoms with E-state index in [1.54, 1.807) is 0 Å². The summed E-state index contributed by atoms with van der Waals surface area (Å²) in [5.41, 5.74) is 1.15. The summed E-state index contributed by atoms with van der Waals surface area (Å²) in [6.45, 7) is 6.04. The van der Waals surface area contributed by atoms with E-state index in [1.807, 2.05) is 17.2 Å². The van der Waals surface area contributed by atoms with Gasteiger partial charge < -0.3 is 15.2 Å². The Hall–Kier alpha value is -1.49. The van der Waals surface area contributed by atoms with Gasteiger partial charge in [0.05, 0.1) is 6.04 Å². The van der Waals surface area contributed by atoms with Gasteiger partial charge in [0.15, 0.2) is 0 Å². The molecule has 0 unspecified atom stereocenters. The number of likely N-dealkylation sites (tertiary alicyclic amines) is 2. The van der Waals surface area contributed by atoms with Crippen LogP contribution in [0.5, 0.6) is 0 Å². The van der Waals surface area contributed by atoms with Crippen LogP contribution >= 0.6 is 0 Å². The Balaban J connectivity index is 1.47. The van der Waals surface area contributed by atoms with Crippen LogP contribution in [0.4, 0.5) is 4.79 Å². The van der Waals surface area contributed by atoms with E-state index in [1.165, 1.54) is 25.8 Å². The molecule has 0 spiro atoms. The number of carbonyl (C=O) groups is 1. The quantitative estimate of drug-likeness (QED) is 0.898. The largest absolute Gasteiger partial charge is 0.363 e. The summed E-state index contributed by atoms with van der Waals surface area (Å²) in [5, 5.41) is 3.12. The molecule has 1 aromatic heterocycles. The number of piperidine rings is 1. The average Bonchev–Trinajstić information content (AvgIpc) is 3.19. The van der Waals surface area contributed by atoms with Gasteiger partial charge >= 0.3 is 6.03 Å². The summed E-state index contributed by atoms with van der Waals surface area (Å²) >= 11 is 0. The van der Waals surface area contributed by atoms with Crippen LogP contribution in [0.2, 0.25) is 0 Å². The van der Waals surface area contributed by atoms with Crippen molar-refractivity contribution in [3.05, 3.63) is 24.0 Å². The molecule has 2 N–H and O–H groups in total. The molecule has 1 aromatic rings. The Morgan fingerprint density at radius 2 is 2.23 bits per heavy atom. The third-order valence-corrected chi connectivity index (χ3v) is 5.11. The Bertz CT molecular complexity index is 473. The molecule has 5 nitrogen and oxygen atoms in total. The fourth-order valence-electron chi connectivity index (χ4n) is 3.78. The summed E-state index contributed by atoms with van der Waals surface area (Å²) in [6.07, 6.45) is 7.99. The number of H-pyrrole nitrogens is 1. The van der Waals surface area contributed by atoms with E-state index >= 15 is 0 Å². The predicted molar refractivity (Wildman–Crippen MR) is 87.8 cm³/mol. The highest BCUT2D eigenvalue weighted by Crippen LogP contribution is 2.30. The smallest absolute Gasteiger partial charge is 0.318 e. The SMILES string of the molecule is C[C@H]1CCCCN1CCNC(=O)N1CCC[C@H]1c1ccc[nH]1. The number of urea groups is 1. The van der Waals surface area contributed by atoms with Crippen LogP contribution in [0, 0.1) is 0 Å². The number of amides is 2. The molecule has 0 saturated carbocycles. The average molecular weight is 304 g/mol. The van der Waals surface area contributed by atoms with Gasteiger partial charge in [-0.25, -0.2) is 4.79 Å². The van der Waals surface area contributed by atoms with Gasteiger partial charge in [0.1, 0.15) is 0 Å². The number of hydrogen-bond acceptors (Lipinski definition) is 2. The monoisotopic (exact) mass is 304 g/mol. The van der Waals surface area contributed by atoms with E-state index in [4.69, 9.17) is 0 Å². The van der Waals surface area contributed by atoms with Gasteiger partial charge in [0.2, 0.25) is 0 Å². The predicted octanol–water partition coefficient (Wildman–Crippen LogP) is 2.74. The molecule has 3 heterocycles. The molecule has 3 rings (SSSR count). The molecule has 0 aliphatic carbocycles. The third-order valence-electron chi connectivity index (χ3n) is 5.11. The molecular formula is C17H28N4O. The van der Waals surface area contributed by atoms with Crippen molar-refractivity contribution in [1.82, 2.24) is 20.1 Å². The zero-order chi connectivity index (χ0) is 15.4. The number of nitrogens with zero attached hydrogens (tertiary/aromatic N) is 2. The first-order chi connectivity index (χ1) is 10.8. The summed E-state index contributed by atoms with van der Waals surface area (Å²) in [7, 11) is 0. The van der Waals surface area contributed by atoms with Gasteiger partial charge in [-0.3, -0.25) is 4.90 Å². The topological polar surface area (TPSA) is 51.4 Å². The van der Waals surface area contributed by atoms with Crippen LogP contribution in [0.15, 0.2) is 18.3 Å². The van der Waals surface area contributed by atoms with Crippen LogP contribution < -0.4 is 5.32 Å². The standard InChI is InChI=1S/C17H28N4O/c1-14-6-2-3-11-20(14)13-10-19-17(22)21-12-5-8-16(21)15-7-4-9-18-15/h4,7,9,14,16,18H,2-3,5-6,8,10-13H2,1H3,(H,19,22)/t14-,16-/m0/s1. The summed E-state index contributed by atoms with van der Waals surface area (Å²) in [6, 6.07) is 5.03. The number of carbonyl (C=O) groups excluding carboxylic acids is 1. The number of aromatic amines is 1. The third kappa shape index (κ3) is 3.46. The van der Waals surface area contributed by atoms with E-state index in [-0.39, 0.29) is 12.1 Å². The van der Waals surface area contributed by atoms with E-state index in [0.29, 0.717) is 6.04 Å². The minimum absolute atomic E-state index is 0.0850. The molecule has 0 bridgehead atoms. The molecule has 2 fully saturated rings. The van der Waals surface area contributed by atoms with Crippen molar-refractivity contribution in [3.63, 3.8) is 0 Å². The maximum absolute atomic E-state index is 12.5. The van der Waals surface area contributed by atoms with Crippen molar-refractivity contribution in [2.45, 2.75) is 51.1 Å². The van der Waals surface area contributed by atoms with Crippen LogP contribution in [0.3, 0.4) is 0 Å². The fourth-order valence-corrected chi connectivity index (χ4v) is 3.78. The molecule has 2 aliphatic heterocycles. The molecule has 2 aliphatic rings. The highest BCUT2D eigenvalue weighted by Gasteiger charge is 2.30. The zero-order valence-electron chi connectivity index (χ0n) is 13.6. The van der Waals surface area contributed by atoms with Crippen LogP contribution in [-0.4, -0.2) is 53.0 Å². The minimum atomic E-state index is 0.0850. The number of nitrogens with one attached hydrogen (secondary N) is 2. The molecule has 22 heavy (non-hydrogen) atoms. The lowest BCUT2D eigenvalue weighted by Crippen LogP contribution is -2.45. The Morgan fingerprint density at radius 1 is 1.32 bits per heavy atom. The second-order valence-corrected chi connectivity index (χ2v) is 6.59. The van der Waals surface area contributed by atoms with Crippen molar-refractivity contribution in [1.29, 1.82) is 0 Å². The lowest BCUT2D eigenvalue weighted by Gasteiger charge is -2.33.